The molecule has 0 aromatic rings. The number of hydrogen-bond acceptors (Lipinski definition) is 2. The van der Waals surface area contributed by atoms with E-state index in [2.05, 4.69) is 0 Å². The van der Waals surface area contributed by atoms with Gasteiger partial charge < -0.3 is 0 Å². The highest BCUT2D eigenvalue weighted by atomic mass is 16.6. The lowest BCUT2D eigenvalue weighted by atomic mass is 10.1. The molecule has 2 rings (SSSR count). The summed E-state index contributed by atoms with van der Waals surface area (Å²) in [4.78, 5) is 10.0. The second-order valence-electron chi connectivity index (χ2n) is 2.73. The Balaban J connectivity index is 2.40. The van der Waals surface area contributed by atoms with Gasteiger partial charge in [-0.05, 0) is 19.3 Å². The van der Waals surface area contributed by atoms with E-state index in [0.717, 1.165) is 24.8 Å². The Morgan fingerprint density at radius 3 is 2.60 bits per heavy atom. The lowest BCUT2D eigenvalue weighted by Crippen LogP contribution is -1.97. The Bertz CT molecular complexity index is 263. The number of allylic oxidation sites excluding steroid dienone is 3. The fourth-order valence-corrected chi connectivity index (χ4v) is 1.58. The zero-order valence-electron chi connectivity index (χ0n) is 5.46. The lowest BCUT2D eigenvalue weighted by molar-refractivity contribution is -0.420. The highest BCUT2D eigenvalue weighted by molar-refractivity contribution is 5.40. The summed E-state index contributed by atoms with van der Waals surface area (Å²) in [6.45, 7) is 0. The second kappa shape index (κ2) is 1.68. The summed E-state index contributed by atoms with van der Waals surface area (Å²) in [6, 6.07) is 0. The third kappa shape index (κ3) is 0.602. The van der Waals surface area contributed by atoms with Crippen LogP contribution >= 0.6 is 0 Å². The van der Waals surface area contributed by atoms with Crippen LogP contribution in [-0.2, 0) is 0 Å². The number of nitro groups is 1. The third-order valence-corrected chi connectivity index (χ3v) is 2.09. The molecule has 2 aliphatic carbocycles. The van der Waals surface area contributed by atoms with Crippen molar-refractivity contribution in [3.63, 3.8) is 0 Å². The minimum Gasteiger partial charge on any atom is -0.258 e. The van der Waals surface area contributed by atoms with Gasteiger partial charge in [0.25, 0.3) is 5.70 Å². The van der Waals surface area contributed by atoms with Crippen molar-refractivity contribution in [2.24, 2.45) is 0 Å². The van der Waals surface area contributed by atoms with Gasteiger partial charge in [-0.15, -0.1) is 0 Å². The number of rotatable bonds is 1. The van der Waals surface area contributed by atoms with Crippen LogP contribution in [0.15, 0.2) is 22.9 Å². The van der Waals surface area contributed by atoms with E-state index in [0.29, 0.717) is 5.70 Å². The van der Waals surface area contributed by atoms with Gasteiger partial charge in [0.1, 0.15) is 0 Å². The predicted molar refractivity (Wildman–Crippen MR) is 36.0 cm³/mol. The van der Waals surface area contributed by atoms with Crippen molar-refractivity contribution in [1.82, 2.24) is 0 Å². The van der Waals surface area contributed by atoms with Crippen LogP contribution in [0.25, 0.3) is 0 Å². The van der Waals surface area contributed by atoms with Crippen LogP contribution in [0.1, 0.15) is 19.3 Å². The number of hydrogen-bond donors (Lipinski definition) is 0. The lowest BCUT2D eigenvalue weighted by Gasteiger charge is -1.95. The molecule has 0 heterocycles. The standard InChI is InChI=1S/C7H7NO2/c9-8(10)7-4-5-1-2-6(7)3-5/h4H,1-3H2. The highest BCUT2D eigenvalue weighted by Crippen LogP contribution is 2.38. The van der Waals surface area contributed by atoms with E-state index in [1.165, 1.54) is 5.57 Å². The van der Waals surface area contributed by atoms with Crippen molar-refractivity contribution in [3.8, 4) is 0 Å². The molecule has 0 aromatic carbocycles. The number of fused-ring (bicyclic) bond motifs is 2. The zero-order valence-corrected chi connectivity index (χ0v) is 5.46. The molecule has 0 atom stereocenters. The Morgan fingerprint density at radius 2 is 2.30 bits per heavy atom. The Labute approximate surface area is 58.2 Å². The van der Waals surface area contributed by atoms with Crippen LogP contribution in [0, 0.1) is 10.1 Å². The van der Waals surface area contributed by atoms with E-state index in [-0.39, 0.29) is 4.92 Å². The average Bonchev–Trinajstić information content (AvgIpc) is 2.44. The van der Waals surface area contributed by atoms with E-state index in [4.69, 9.17) is 0 Å². The molecule has 3 nitrogen and oxygen atoms in total. The van der Waals surface area contributed by atoms with Crippen molar-refractivity contribution in [1.29, 1.82) is 0 Å². The molecular weight excluding hydrogens is 130 g/mol. The third-order valence-electron chi connectivity index (χ3n) is 2.09. The predicted octanol–water partition coefficient (Wildman–Crippen LogP) is 1.64. The molecule has 52 valence electrons. The van der Waals surface area contributed by atoms with Gasteiger partial charge in [-0.2, -0.15) is 0 Å². The molecule has 0 aromatic heterocycles. The first-order valence-electron chi connectivity index (χ1n) is 3.33. The molecular formula is C7H7NO2. The molecule has 0 aliphatic heterocycles. The molecule has 0 unspecified atom stereocenters. The van der Waals surface area contributed by atoms with Crippen LogP contribution in [0.4, 0.5) is 0 Å². The molecule has 10 heavy (non-hydrogen) atoms. The van der Waals surface area contributed by atoms with E-state index in [1.54, 1.807) is 6.08 Å². The van der Waals surface area contributed by atoms with Crippen molar-refractivity contribution in [2.75, 3.05) is 0 Å². The van der Waals surface area contributed by atoms with Crippen molar-refractivity contribution >= 4 is 0 Å². The summed E-state index contributed by atoms with van der Waals surface area (Å²) in [5.74, 6) is 0. The summed E-state index contributed by atoms with van der Waals surface area (Å²) >= 11 is 0. The fourth-order valence-electron chi connectivity index (χ4n) is 1.58. The Kier molecular flexibility index (Phi) is 0.952. The molecule has 1 saturated carbocycles. The van der Waals surface area contributed by atoms with Gasteiger partial charge in [-0.1, -0.05) is 5.57 Å². The summed E-state index contributed by atoms with van der Waals surface area (Å²) < 4.78 is 0. The van der Waals surface area contributed by atoms with Crippen LogP contribution < -0.4 is 0 Å². The van der Waals surface area contributed by atoms with Crippen molar-refractivity contribution in [3.05, 3.63) is 33.0 Å². The van der Waals surface area contributed by atoms with Crippen LogP contribution in [-0.4, -0.2) is 4.92 Å². The van der Waals surface area contributed by atoms with Gasteiger partial charge in [-0.25, -0.2) is 0 Å². The smallest absolute Gasteiger partial charge is 0.258 e. The SMILES string of the molecule is O=[N+]([O-])C1=C2CCC(=C1)C2. The maximum atomic E-state index is 10.3. The first-order chi connectivity index (χ1) is 4.77. The summed E-state index contributed by atoms with van der Waals surface area (Å²) in [5.41, 5.74) is 2.63. The monoisotopic (exact) mass is 137 g/mol. The van der Waals surface area contributed by atoms with Gasteiger partial charge in [0.2, 0.25) is 0 Å². The first kappa shape index (κ1) is 5.65. The normalized spacial score (nSPS) is 21.8. The minimum absolute atomic E-state index is 0.276. The molecule has 0 spiro atoms. The van der Waals surface area contributed by atoms with Gasteiger partial charge in [0, 0.05) is 11.6 Å². The highest BCUT2D eigenvalue weighted by Gasteiger charge is 2.29. The zero-order chi connectivity index (χ0) is 7.14. The maximum absolute atomic E-state index is 10.3. The fraction of sp³-hybridized carbons (Fsp3) is 0.429. The van der Waals surface area contributed by atoms with E-state index in [1.807, 2.05) is 0 Å². The number of nitrogens with zero attached hydrogens (tertiary/aromatic N) is 1. The molecule has 0 saturated heterocycles. The largest absolute Gasteiger partial charge is 0.268 e. The summed E-state index contributed by atoms with van der Waals surface area (Å²) in [7, 11) is 0. The van der Waals surface area contributed by atoms with Gasteiger partial charge in [-0.3, -0.25) is 10.1 Å². The molecule has 0 amide bonds. The average molecular weight is 137 g/mol. The van der Waals surface area contributed by atoms with Crippen LogP contribution in [0.3, 0.4) is 0 Å². The Morgan fingerprint density at radius 1 is 1.50 bits per heavy atom. The van der Waals surface area contributed by atoms with E-state index >= 15 is 0 Å². The summed E-state index contributed by atoms with van der Waals surface area (Å²) in [5, 5.41) is 10.3. The van der Waals surface area contributed by atoms with Gasteiger partial charge >= 0.3 is 0 Å². The van der Waals surface area contributed by atoms with Crippen molar-refractivity contribution < 1.29 is 4.92 Å². The van der Waals surface area contributed by atoms with Gasteiger partial charge in [0.05, 0.1) is 4.92 Å². The quantitative estimate of drug-likeness (QED) is 0.407. The molecule has 1 fully saturated rings. The van der Waals surface area contributed by atoms with Crippen molar-refractivity contribution in [2.45, 2.75) is 19.3 Å². The minimum atomic E-state index is -0.276. The second-order valence-corrected chi connectivity index (χ2v) is 2.73. The van der Waals surface area contributed by atoms with E-state index in [9.17, 15) is 10.1 Å². The summed E-state index contributed by atoms with van der Waals surface area (Å²) in [6.07, 6.45) is 4.56. The van der Waals surface area contributed by atoms with Gasteiger partial charge in [0.15, 0.2) is 0 Å². The van der Waals surface area contributed by atoms with Crippen LogP contribution in [0.2, 0.25) is 0 Å². The topological polar surface area (TPSA) is 43.1 Å². The molecule has 0 radical (unpaired) electrons. The Hall–Kier alpha value is -1.12. The van der Waals surface area contributed by atoms with Crippen LogP contribution in [0.5, 0.6) is 0 Å². The molecule has 0 N–H and O–H groups in total. The van der Waals surface area contributed by atoms with E-state index < -0.39 is 0 Å². The first-order valence-corrected chi connectivity index (χ1v) is 3.33. The molecule has 2 aliphatic rings. The molecule has 2 bridgehead atoms. The molecule has 3 heteroatoms. The maximum Gasteiger partial charge on any atom is 0.268 e.